The van der Waals surface area contributed by atoms with Crippen LogP contribution in [0.15, 0.2) is 36.4 Å². The first-order valence-corrected chi connectivity index (χ1v) is 10.1. The van der Waals surface area contributed by atoms with Gasteiger partial charge in [-0.3, -0.25) is 19.2 Å². The Bertz CT molecular complexity index is 1050. The minimum Gasteiger partial charge on any atom is -0.324 e. The van der Waals surface area contributed by atoms with Crippen LogP contribution in [-0.4, -0.2) is 31.5 Å². The van der Waals surface area contributed by atoms with Gasteiger partial charge in [0.1, 0.15) is 11.9 Å². The van der Waals surface area contributed by atoms with E-state index in [2.05, 4.69) is 5.32 Å². The van der Waals surface area contributed by atoms with Crippen molar-refractivity contribution in [3.8, 4) is 0 Å². The number of nitrogens with one attached hydrogen (secondary N) is 1. The Morgan fingerprint density at radius 3 is 2.46 bits per heavy atom. The van der Waals surface area contributed by atoms with E-state index in [1.807, 2.05) is 0 Å². The zero-order valence-electron chi connectivity index (χ0n) is 15.1. The lowest BCUT2D eigenvalue weighted by atomic mass is 10.1. The van der Waals surface area contributed by atoms with Crippen molar-refractivity contribution in [3.63, 3.8) is 0 Å². The molecule has 2 aromatic rings. The Kier molecular flexibility index (Phi) is 6.25. The first-order valence-electron chi connectivity index (χ1n) is 7.92. The normalized spacial score (nSPS) is 12.3. The number of nitrogens with zero attached hydrogens (tertiary/aromatic N) is 2. The third kappa shape index (κ3) is 4.76. The molecule has 11 heteroatoms. The van der Waals surface area contributed by atoms with Gasteiger partial charge in [-0.15, -0.1) is 0 Å². The van der Waals surface area contributed by atoms with E-state index in [0.717, 1.165) is 22.7 Å². The Hall–Kier alpha value is -2.72. The predicted octanol–water partition coefficient (Wildman–Crippen LogP) is 3.49. The highest BCUT2D eigenvalue weighted by atomic mass is 35.5. The van der Waals surface area contributed by atoms with Gasteiger partial charge in [0, 0.05) is 17.8 Å². The number of hydrogen-bond donors (Lipinski definition) is 1. The number of anilines is 2. The molecule has 0 bridgehead atoms. The van der Waals surface area contributed by atoms with Crippen LogP contribution in [0, 0.1) is 22.9 Å². The molecule has 1 atom stereocenters. The summed E-state index contributed by atoms with van der Waals surface area (Å²) >= 11 is 5.68. The molecule has 28 heavy (non-hydrogen) atoms. The van der Waals surface area contributed by atoms with Gasteiger partial charge in [-0.1, -0.05) is 17.7 Å². The maximum Gasteiger partial charge on any atom is 0.271 e. The summed E-state index contributed by atoms with van der Waals surface area (Å²) in [5.74, 6) is -1.39. The zero-order valence-corrected chi connectivity index (χ0v) is 16.7. The molecule has 8 nitrogen and oxygen atoms in total. The fourth-order valence-corrected chi connectivity index (χ4v) is 3.96. The Labute approximate surface area is 166 Å². The SMILES string of the molecule is Cc1ccc([N+](=O)[O-])cc1N(C(C)C(=O)Nc1ccc(F)c(Cl)c1)S(C)(=O)=O. The zero-order chi connectivity index (χ0) is 21.2. The minimum atomic E-state index is -3.97. The quantitative estimate of drug-likeness (QED) is 0.558. The van der Waals surface area contributed by atoms with E-state index >= 15 is 0 Å². The largest absolute Gasteiger partial charge is 0.324 e. The first-order chi connectivity index (χ1) is 12.9. The van der Waals surface area contributed by atoms with Gasteiger partial charge in [0.05, 0.1) is 21.9 Å². The molecule has 0 heterocycles. The van der Waals surface area contributed by atoms with Crippen molar-refractivity contribution in [2.45, 2.75) is 19.9 Å². The fourth-order valence-electron chi connectivity index (χ4n) is 2.55. The van der Waals surface area contributed by atoms with Crippen LogP contribution >= 0.6 is 11.6 Å². The van der Waals surface area contributed by atoms with Crippen molar-refractivity contribution in [2.75, 3.05) is 15.9 Å². The summed E-state index contributed by atoms with van der Waals surface area (Å²) in [6.07, 6.45) is 0.893. The summed E-state index contributed by atoms with van der Waals surface area (Å²) < 4.78 is 38.8. The number of hydrogen-bond acceptors (Lipinski definition) is 5. The number of carbonyl (C=O) groups excluding carboxylic acids is 1. The van der Waals surface area contributed by atoms with Crippen LogP contribution in [0.5, 0.6) is 0 Å². The number of carbonyl (C=O) groups is 1. The van der Waals surface area contributed by atoms with Crippen LogP contribution in [0.2, 0.25) is 5.02 Å². The minimum absolute atomic E-state index is 0.0106. The van der Waals surface area contributed by atoms with Crippen molar-refractivity contribution in [2.24, 2.45) is 0 Å². The molecule has 0 aliphatic carbocycles. The molecule has 150 valence electrons. The maximum atomic E-state index is 13.3. The van der Waals surface area contributed by atoms with Gasteiger partial charge in [-0.05, 0) is 37.6 Å². The summed E-state index contributed by atoms with van der Waals surface area (Å²) in [6.45, 7) is 2.90. The van der Waals surface area contributed by atoms with Gasteiger partial charge in [0.15, 0.2) is 0 Å². The highest BCUT2D eigenvalue weighted by Gasteiger charge is 2.31. The molecule has 0 aliphatic heterocycles. The second kappa shape index (κ2) is 8.11. The van der Waals surface area contributed by atoms with Crippen molar-refractivity contribution in [1.29, 1.82) is 0 Å². The second-order valence-corrected chi connectivity index (χ2v) is 8.35. The Morgan fingerprint density at radius 1 is 1.29 bits per heavy atom. The highest BCUT2D eigenvalue weighted by molar-refractivity contribution is 7.92. The summed E-state index contributed by atoms with van der Waals surface area (Å²) in [7, 11) is -3.97. The fraction of sp³-hybridized carbons (Fsp3) is 0.235. The smallest absolute Gasteiger partial charge is 0.271 e. The molecule has 2 aromatic carbocycles. The second-order valence-electron chi connectivity index (χ2n) is 6.08. The lowest BCUT2D eigenvalue weighted by Crippen LogP contribution is -2.45. The molecule has 0 fully saturated rings. The van der Waals surface area contributed by atoms with Crippen molar-refractivity contribution in [1.82, 2.24) is 0 Å². The van der Waals surface area contributed by atoms with Gasteiger partial charge in [-0.2, -0.15) is 0 Å². The number of halogens is 2. The van der Waals surface area contributed by atoms with Crippen LogP contribution < -0.4 is 9.62 Å². The molecule has 0 saturated carbocycles. The third-order valence-electron chi connectivity index (χ3n) is 3.92. The summed E-state index contributed by atoms with van der Waals surface area (Å²) in [6, 6.07) is 6.00. The third-order valence-corrected chi connectivity index (χ3v) is 5.43. The van der Waals surface area contributed by atoms with Crippen LogP contribution in [0.1, 0.15) is 12.5 Å². The lowest BCUT2D eigenvalue weighted by molar-refractivity contribution is -0.384. The molecule has 2 rings (SSSR count). The molecule has 0 aliphatic rings. The van der Waals surface area contributed by atoms with E-state index in [4.69, 9.17) is 11.6 Å². The molecular formula is C17H17ClFN3O5S. The van der Waals surface area contributed by atoms with Gasteiger partial charge in [-0.25, -0.2) is 12.8 Å². The van der Waals surface area contributed by atoms with E-state index in [0.29, 0.717) is 5.56 Å². The number of sulfonamides is 1. The number of non-ortho nitro benzene ring substituents is 1. The lowest BCUT2D eigenvalue weighted by Gasteiger charge is -2.29. The molecule has 0 saturated heterocycles. The number of rotatable bonds is 6. The van der Waals surface area contributed by atoms with Crippen molar-refractivity contribution >= 4 is 44.6 Å². The van der Waals surface area contributed by atoms with E-state index < -0.39 is 32.7 Å². The van der Waals surface area contributed by atoms with E-state index in [-0.39, 0.29) is 22.1 Å². The topological polar surface area (TPSA) is 110 Å². The molecule has 0 aromatic heterocycles. The molecular weight excluding hydrogens is 413 g/mol. The molecule has 1 amide bonds. The van der Waals surface area contributed by atoms with Gasteiger partial charge in [0.25, 0.3) is 5.69 Å². The Balaban J connectivity index is 2.43. The highest BCUT2D eigenvalue weighted by Crippen LogP contribution is 2.29. The summed E-state index contributed by atoms with van der Waals surface area (Å²) in [5, 5.41) is 13.3. The Morgan fingerprint density at radius 2 is 1.93 bits per heavy atom. The number of aryl methyl sites for hydroxylation is 1. The number of benzene rings is 2. The molecule has 1 N–H and O–H groups in total. The van der Waals surface area contributed by atoms with Gasteiger partial charge < -0.3 is 5.32 Å². The number of amides is 1. The monoisotopic (exact) mass is 429 g/mol. The summed E-state index contributed by atoms with van der Waals surface area (Å²) in [5.41, 5.74) is 0.302. The predicted molar refractivity (Wildman–Crippen MR) is 105 cm³/mol. The summed E-state index contributed by atoms with van der Waals surface area (Å²) in [4.78, 5) is 23.0. The van der Waals surface area contributed by atoms with Crippen LogP contribution in [0.4, 0.5) is 21.5 Å². The van der Waals surface area contributed by atoms with Gasteiger partial charge >= 0.3 is 0 Å². The van der Waals surface area contributed by atoms with Crippen LogP contribution in [0.3, 0.4) is 0 Å². The van der Waals surface area contributed by atoms with Crippen LogP contribution in [-0.2, 0) is 14.8 Å². The maximum absolute atomic E-state index is 13.3. The molecule has 0 radical (unpaired) electrons. The standard InChI is InChI=1S/C17H17ClFN3O5S/c1-10-4-6-13(22(24)25)9-16(10)21(28(3,26)27)11(2)17(23)20-12-5-7-15(19)14(18)8-12/h4-9,11H,1-3H3,(H,20,23). The molecule has 0 spiro atoms. The van der Waals surface area contributed by atoms with Crippen molar-refractivity contribution in [3.05, 3.63) is 62.9 Å². The average Bonchev–Trinajstić information content (AvgIpc) is 2.58. The van der Waals surface area contributed by atoms with Crippen molar-refractivity contribution < 1.29 is 22.5 Å². The van der Waals surface area contributed by atoms with Crippen LogP contribution in [0.25, 0.3) is 0 Å². The van der Waals surface area contributed by atoms with Gasteiger partial charge in [0.2, 0.25) is 15.9 Å². The first kappa shape index (κ1) is 21.6. The average molecular weight is 430 g/mol. The van der Waals surface area contributed by atoms with E-state index in [1.54, 1.807) is 6.92 Å². The number of nitro benzene ring substituents is 1. The molecule has 1 unspecified atom stereocenters. The van der Waals surface area contributed by atoms with E-state index in [9.17, 15) is 27.7 Å². The number of nitro groups is 1. The van der Waals surface area contributed by atoms with E-state index in [1.165, 1.54) is 31.2 Å².